The van der Waals surface area contributed by atoms with Crippen LogP contribution >= 0.6 is 0 Å². The van der Waals surface area contributed by atoms with E-state index in [4.69, 9.17) is 10.5 Å². The highest BCUT2D eigenvalue weighted by molar-refractivity contribution is 5.86. The second kappa shape index (κ2) is 14.3. The van der Waals surface area contributed by atoms with E-state index in [1.54, 1.807) is 6.08 Å². The van der Waals surface area contributed by atoms with Gasteiger partial charge in [-0.15, -0.1) is 6.58 Å². The van der Waals surface area contributed by atoms with Gasteiger partial charge in [-0.1, -0.05) is 42.8 Å². The Morgan fingerprint density at radius 2 is 1.86 bits per heavy atom. The number of unbranched alkanes of at least 4 members (excludes halogenated alkanes) is 3. The molecule has 1 aromatic rings. The molecule has 7 nitrogen and oxygen atoms in total. The SMILES string of the molecule is C=CCCC[C@H](NC(=O)CCCCCNC(=O)OCc1ccccc1)C(N)=O. The minimum absolute atomic E-state index is 0.183. The van der Waals surface area contributed by atoms with Crippen molar-refractivity contribution < 1.29 is 19.1 Å². The lowest BCUT2D eigenvalue weighted by molar-refractivity contribution is -0.127. The van der Waals surface area contributed by atoms with Crippen LogP contribution in [0, 0.1) is 0 Å². The first-order valence-electron chi connectivity index (χ1n) is 9.67. The summed E-state index contributed by atoms with van der Waals surface area (Å²) in [5, 5.41) is 5.37. The topological polar surface area (TPSA) is 111 Å². The van der Waals surface area contributed by atoms with Crippen LogP contribution in [-0.4, -0.2) is 30.5 Å². The van der Waals surface area contributed by atoms with Crippen molar-refractivity contribution in [2.45, 2.75) is 57.6 Å². The highest BCUT2D eigenvalue weighted by Crippen LogP contribution is 2.04. The quantitative estimate of drug-likeness (QED) is 0.336. The molecule has 0 aromatic heterocycles. The van der Waals surface area contributed by atoms with Gasteiger partial charge in [0.25, 0.3) is 0 Å². The fourth-order valence-electron chi connectivity index (χ4n) is 2.57. The highest BCUT2D eigenvalue weighted by Gasteiger charge is 2.16. The van der Waals surface area contributed by atoms with Crippen LogP contribution in [0.15, 0.2) is 43.0 Å². The summed E-state index contributed by atoms with van der Waals surface area (Å²) in [5.74, 6) is -0.701. The van der Waals surface area contributed by atoms with Crippen LogP contribution in [0.1, 0.15) is 50.5 Å². The number of rotatable bonds is 14. The summed E-state index contributed by atoms with van der Waals surface area (Å²) in [7, 11) is 0. The molecule has 0 saturated heterocycles. The Bertz CT molecular complexity index is 619. The van der Waals surface area contributed by atoms with Gasteiger partial charge in [0.1, 0.15) is 12.6 Å². The molecule has 0 aliphatic rings. The fourth-order valence-corrected chi connectivity index (χ4v) is 2.57. The number of allylic oxidation sites excluding steroid dienone is 1. The molecular formula is C21H31N3O4. The van der Waals surface area contributed by atoms with Crippen molar-refractivity contribution >= 4 is 17.9 Å². The third-order valence-corrected chi connectivity index (χ3v) is 4.14. The van der Waals surface area contributed by atoms with Gasteiger partial charge in [0.2, 0.25) is 11.8 Å². The van der Waals surface area contributed by atoms with Crippen LogP contribution in [-0.2, 0) is 20.9 Å². The van der Waals surface area contributed by atoms with Crippen molar-refractivity contribution in [2.24, 2.45) is 5.73 Å². The molecular weight excluding hydrogens is 358 g/mol. The molecule has 0 aliphatic heterocycles. The van der Waals surface area contributed by atoms with E-state index in [-0.39, 0.29) is 12.5 Å². The maximum Gasteiger partial charge on any atom is 0.407 e. The van der Waals surface area contributed by atoms with Crippen molar-refractivity contribution in [1.82, 2.24) is 10.6 Å². The summed E-state index contributed by atoms with van der Waals surface area (Å²) in [6.07, 6.45) is 5.88. The number of carbonyl (C=O) groups is 3. The van der Waals surface area contributed by atoms with Gasteiger partial charge < -0.3 is 21.1 Å². The predicted molar refractivity (Wildman–Crippen MR) is 108 cm³/mol. The van der Waals surface area contributed by atoms with Gasteiger partial charge in [0, 0.05) is 13.0 Å². The molecule has 0 heterocycles. The lowest BCUT2D eigenvalue weighted by Gasteiger charge is -2.15. The Balaban J connectivity index is 2.07. The molecule has 0 fully saturated rings. The van der Waals surface area contributed by atoms with Crippen molar-refractivity contribution in [2.75, 3.05) is 6.54 Å². The lowest BCUT2D eigenvalue weighted by Crippen LogP contribution is -2.44. The van der Waals surface area contributed by atoms with Gasteiger partial charge >= 0.3 is 6.09 Å². The van der Waals surface area contributed by atoms with Crippen molar-refractivity contribution in [3.05, 3.63) is 48.6 Å². The van der Waals surface area contributed by atoms with E-state index < -0.39 is 18.0 Å². The first-order chi connectivity index (χ1) is 13.5. The minimum Gasteiger partial charge on any atom is -0.445 e. The molecule has 4 N–H and O–H groups in total. The van der Waals surface area contributed by atoms with Gasteiger partial charge in [-0.25, -0.2) is 4.79 Å². The number of nitrogens with one attached hydrogen (secondary N) is 2. The average Bonchev–Trinajstić information content (AvgIpc) is 2.69. The number of benzene rings is 1. The minimum atomic E-state index is -0.631. The van der Waals surface area contributed by atoms with Crippen LogP contribution < -0.4 is 16.4 Å². The van der Waals surface area contributed by atoms with E-state index in [9.17, 15) is 14.4 Å². The van der Waals surface area contributed by atoms with E-state index >= 15 is 0 Å². The number of hydrogen-bond acceptors (Lipinski definition) is 4. The molecule has 0 aliphatic carbocycles. The van der Waals surface area contributed by atoms with Gasteiger partial charge in [-0.3, -0.25) is 9.59 Å². The van der Waals surface area contributed by atoms with Crippen LogP contribution in [0.2, 0.25) is 0 Å². The Morgan fingerprint density at radius 1 is 1.11 bits per heavy atom. The average molecular weight is 389 g/mol. The largest absolute Gasteiger partial charge is 0.445 e. The van der Waals surface area contributed by atoms with Crippen LogP contribution in [0.25, 0.3) is 0 Å². The van der Waals surface area contributed by atoms with Gasteiger partial charge in [-0.2, -0.15) is 0 Å². The first-order valence-corrected chi connectivity index (χ1v) is 9.67. The third-order valence-electron chi connectivity index (χ3n) is 4.14. The monoisotopic (exact) mass is 389 g/mol. The molecule has 1 rings (SSSR count). The smallest absolute Gasteiger partial charge is 0.407 e. The van der Waals surface area contributed by atoms with E-state index in [1.165, 1.54) is 0 Å². The lowest BCUT2D eigenvalue weighted by atomic mass is 10.1. The molecule has 0 radical (unpaired) electrons. The van der Waals surface area contributed by atoms with Crippen molar-refractivity contribution in [3.8, 4) is 0 Å². The molecule has 3 amide bonds. The highest BCUT2D eigenvalue weighted by atomic mass is 16.5. The molecule has 1 atom stereocenters. The Labute approximate surface area is 166 Å². The second-order valence-corrected chi connectivity index (χ2v) is 6.54. The van der Waals surface area contributed by atoms with Crippen molar-refractivity contribution in [3.63, 3.8) is 0 Å². The first kappa shape index (κ1) is 23.2. The molecule has 154 valence electrons. The zero-order valence-electron chi connectivity index (χ0n) is 16.3. The fraction of sp³-hybridized carbons (Fsp3) is 0.476. The molecule has 28 heavy (non-hydrogen) atoms. The number of alkyl carbamates (subject to hydrolysis) is 1. The Hall–Kier alpha value is -2.83. The standard InChI is InChI=1S/C21H31N3O4/c1-2-3-6-13-18(20(22)26)24-19(25)14-9-5-10-15-23-21(27)28-16-17-11-7-4-8-12-17/h2,4,7-8,11-12,18H,1,3,5-6,9-10,13-16H2,(H2,22,26)(H,23,27)(H,24,25)/t18-/m0/s1. The van der Waals surface area contributed by atoms with Crippen LogP contribution in [0.3, 0.4) is 0 Å². The normalized spacial score (nSPS) is 11.3. The van der Waals surface area contributed by atoms with Crippen LogP contribution in [0.5, 0.6) is 0 Å². The number of primary amides is 1. The number of hydrogen-bond donors (Lipinski definition) is 3. The van der Waals surface area contributed by atoms with Gasteiger partial charge in [0.05, 0.1) is 0 Å². The molecule has 0 unspecified atom stereocenters. The second-order valence-electron chi connectivity index (χ2n) is 6.54. The number of amides is 3. The zero-order valence-corrected chi connectivity index (χ0v) is 16.3. The van der Waals surface area contributed by atoms with Crippen LogP contribution in [0.4, 0.5) is 4.79 Å². The number of nitrogens with two attached hydrogens (primary N) is 1. The summed E-state index contributed by atoms with van der Waals surface area (Å²) in [6.45, 7) is 4.35. The molecule has 0 bridgehead atoms. The van der Waals surface area contributed by atoms with E-state index in [1.807, 2.05) is 30.3 Å². The van der Waals surface area contributed by atoms with Gasteiger partial charge in [0.15, 0.2) is 0 Å². The summed E-state index contributed by atoms with van der Waals surface area (Å²) < 4.78 is 5.12. The Kier molecular flexibility index (Phi) is 11.8. The maximum absolute atomic E-state index is 11.9. The van der Waals surface area contributed by atoms with Gasteiger partial charge in [-0.05, 0) is 37.7 Å². The van der Waals surface area contributed by atoms with Crippen molar-refractivity contribution in [1.29, 1.82) is 0 Å². The summed E-state index contributed by atoms with van der Waals surface area (Å²) in [5.41, 5.74) is 6.25. The number of ether oxygens (including phenoxy) is 1. The predicted octanol–water partition coefficient (Wildman–Crippen LogP) is 2.80. The number of carbonyl (C=O) groups excluding carboxylic acids is 3. The third kappa shape index (κ3) is 11.0. The Morgan fingerprint density at radius 3 is 2.54 bits per heavy atom. The summed E-state index contributed by atoms with van der Waals surface area (Å²) in [6, 6.07) is 8.83. The zero-order chi connectivity index (χ0) is 20.6. The van der Waals surface area contributed by atoms with E-state index in [2.05, 4.69) is 17.2 Å². The molecule has 1 aromatic carbocycles. The van der Waals surface area contributed by atoms with E-state index in [0.29, 0.717) is 25.8 Å². The molecule has 0 spiro atoms. The summed E-state index contributed by atoms with van der Waals surface area (Å²) >= 11 is 0. The van der Waals surface area contributed by atoms with E-state index in [0.717, 1.165) is 31.2 Å². The molecule has 7 heteroatoms. The summed E-state index contributed by atoms with van der Waals surface area (Å²) in [4.78, 5) is 34.9. The maximum atomic E-state index is 11.9. The molecule has 0 saturated carbocycles.